The van der Waals surface area contributed by atoms with Crippen LogP contribution in [0.2, 0.25) is 0 Å². The smallest absolute Gasteiger partial charge is 0.237 e. The fraction of sp³-hybridized carbons (Fsp3) is 0.917. The Morgan fingerprint density at radius 1 is 1.44 bits per heavy atom. The number of nitrogens with one attached hydrogen (secondary N) is 1. The fourth-order valence-corrected chi connectivity index (χ4v) is 2.65. The largest absolute Gasteiger partial charge is 0.335 e. The summed E-state index contributed by atoms with van der Waals surface area (Å²) in [5.41, 5.74) is 0. The third-order valence-electron chi connectivity index (χ3n) is 3.58. The molecule has 16 heavy (non-hydrogen) atoms. The molecular weight excluding hydrogens is 202 g/mol. The Labute approximate surface area is 98.0 Å². The molecule has 1 atom stereocenters. The minimum Gasteiger partial charge on any atom is -0.335 e. The average Bonchev–Trinajstić information content (AvgIpc) is 2.30. The van der Waals surface area contributed by atoms with Gasteiger partial charge in [0.15, 0.2) is 0 Å². The van der Waals surface area contributed by atoms with Crippen LogP contribution in [0.5, 0.6) is 0 Å². The van der Waals surface area contributed by atoms with E-state index in [2.05, 4.69) is 22.0 Å². The van der Waals surface area contributed by atoms with Crippen LogP contribution in [0.3, 0.4) is 0 Å². The molecule has 4 heteroatoms. The molecular formula is C12H23N3O. The van der Waals surface area contributed by atoms with Crippen LogP contribution in [0.1, 0.15) is 26.2 Å². The molecule has 2 aliphatic rings. The molecule has 92 valence electrons. The van der Waals surface area contributed by atoms with Gasteiger partial charge in [0.2, 0.25) is 5.91 Å². The summed E-state index contributed by atoms with van der Waals surface area (Å²) in [7, 11) is 0. The molecule has 0 aromatic carbocycles. The maximum Gasteiger partial charge on any atom is 0.237 e. The molecule has 0 spiro atoms. The van der Waals surface area contributed by atoms with E-state index in [1.54, 1.807) is 0 Å². The van der Waals surface area contributed by atoms with Crippen LogP contribution in [0, 0.1) is 0 Å². The standard InChI is InChI=1S/C12H23N3O/c1-2-3-4-6-14-9-11-8-13-5-7-15(11)12(16)10-14/h11,13H,2-10H2,1H3. The van der Waals surface area contributed by atoms with Gasteiger partial charge in [0.1, 0.15) is 0 Å². The number of carbonyl (C=O) groups excluding carboxylic acids is 1. The Morgan fingerprint density at radius 3 is 3.12 bits per heavy atom. The molecule has 2 aliphatic heterocycles. The van der Waals surface area contributed by atoms with Gasteiger partial charge in [-0.3, -0.25) is 9.69 Å². The van der Waals surface area contributed by atoms with Crippen molar-refractivity contribution in [2.24, 2.45) is 0 Å². The molecule has 1 amide bonds. The first kappa shape index (κ1) is 11.9. The van der Waals surface area contributed by atoms with Crippen LogP contribution in [-0.4, -0.2) is 61.0 Å². The summed E-state index contributed by atoms with van der Waals surface area (Å²) in [4.78, 5) is 16.3. The average molecular weight is 225 g/mol. The molecule has 2 fully saturated rings. The quantitative estimate of drug-likeness (QED) is 0.699. The van der Waals surface area contributed by atoms with E-state index in [4.69, 9.17) is 0 Å². The highest BCUT2D eigenvalue weighted by Gasteiger charge is 2.33. The number of rotatable bonds is 4. The Hall–Kier alpha value is -0.610. The van der Waals surface area contributed by atoms with Crippen LogP contribution in [0.4, 0.5) is 0 Å². The van der Waals surface area contributed by atoms with Crippen molar-refractivity contribution in [3.8, 4) is 0 Å². The van der Waals surface area contributed by atoms with Crippen molar-refractivity contribution in [2.75, 3.05) is 39.3 Å². The van der Waals surface area contributed by atoms with Gasteiger partial charge in [-0.1, -0.05) is 19.8 Å². The number of hydrogen-bond donors (Lipinski definition) is 1. The normalized spacial score (nSPS) is 26.9. The number of piperazine rings is 2. The Morgan fingerprint density at radius 2 is 2.31 bits per heavy atom. The zero-order valence-electron chi connectivity index (χ0n) is 10.2. The Bertz CT molecular complexity index is 244. The van der Waals surface area contributed by atoms with Gasteiger partial charge in [-0.25, -0.2) is 0 Å². The van der Waals surface area contributed by atoms with Gasteiger partial charge in [-0.15, -0.1) is 0 Å². The predicted octanol–water partition coefficient (Wildman–Crippen LogP) is 0.293. The summed E-state index contributed by atoms with van der Waals surface area (Å²) in [5.74, 6) is 0.328. The number of carbonyl (C=O) groups is 1. The maximum absolute atomic E-state index is 11.9. The van der Waals surface area contributed by atoms with E-state index in [-0.39, 0.29) is 0 Å². The van der Waals surface area contributed by atoms with Gasteiger partial charge in [0.25, 0.3) is 0 Å². The third-order valence-corrected chi connectivity index (χ3v) is 3.58. The predicted molar refractivity (Wildman–Crippen MR) is 64.3 cm³/mol. The molecule has 4 nitrogen and oxygen atoms in total. The number of fused-ring (bicyclic) bond motifs is 1. The van der Waals surface area contributed by atoms with E-state index < -0.39 is 0 Å². The number of hydrogen-bond acceptors (Lipinski definition) is 3. The van der Waals surface area contributed by atoms with Gasteiger partial charge >= 0.3 is 0 Å². The van der Waals surface area contributed by atoms with Crippen molar-refractivity contribution < 1.29 is 4.79 Å². The summed E-state index contributed by atoms with van der Waals surface area (Å²) >= 11 is 0. The number of nitrogens with zero attached hydrogens (tertiary/aromatic N) is 2. The lowest BCUT2D eigenvalue weighted by molar-refractivity contribution is -0.140. The van der Waals surface area contributed by atoms with E-state index in [0.29, 0.717) is 18.5 Å². The maximum atomic E-state index is 11.9. The second-order valence-corrected chi connectivity index (χ2v) is 4.89. The van der Waals surface area contributed by atoms with E-state index in [1.165, 1.54) is 19.3 Å². The van der Waals surface area contributed by atoms with Crippen LogP contribution >= 0.6 is 0 Å². The number of amides is 1. The molecule has 2 saturated heterocycles. The summed E-state index contributed by atoms with van der Waals surface area (Å²) in [5, 5.41) is 3.37. The van der Waals surface area contributed by atoms with Crippen LogP contribution in [0.25, 0.3) is 0 Å². The van der Waals surface area contributed by atoms with Gasteiger partial charge in [-0.05, 0) is 13.0 Å². The van der Waals surface area contributed by atoms with Crippen molar-refractivity contribution in [2.45, 2.75) is 32.2 Å². The molecule has 0 aromatic rings. The molecule has 1 unspecified atom stereocenters. The second kappa shape index (κ2) is 5.64. The summed E-state index contributed by atoms with van der Waals surface area (Å²) in [6.45, 7) is 7.82. The van der Waals surface area contributed by atoms with Gasteiger partial charge in [0, 0.05) is 26.2 Å². The third kappa shape index (κ3) is 2.74. The Kier molecular flexibility index (Phi) is 4.18. The van der Waals surface area contributed by atoms with Crippen LogP contribution in [-0.2, 0) is 4.79 Å². The van der Waals surface area contributed by atoms with Gasteiger partial charge in [0.05, 0.1) is 12.6 Å². The van der Waals surface area contributed by atoms with Gasteiger partial charge < -0.3 is 10.2 Å². The monoisotopic (exact) mass is 225 g/mol. The van der Waals surface area contributed by atoms with Gasteiger partial charge in [-0.2, -0.15) is 0 Å². The lowest BCUT2D eigenvalue weighted by atomic mass is 10.1. The molecule has 2 heterocycles. The van der Waals surface area contributed by atoms with E-state index in [0.717, 1.165) is 32.7 Å². The molecule has 0 saturated carbocycles. The van der Waals surface area contributed by atoms with Crippen LogP contribution < -0.4 is 5.32 Å². The first-order valence-electron chi connectivity index (χ1n) is 6.54. The molecule has 0 bridgehead atoms. The van der Waals surface area contributed by atoms with Crippen molar-refractivity contribution in [3.05, 3.63) is 0 Å². The zero-order valence-corrected chi connectivity index (χ0v) is 10.2. The minimum absolute atomic E-state index is 0.328. The first-order chi connectivity index (χ1) is 7.81. The highest BCUT2D eigenvalue weighted by atomic mass is 16.2. The highest BCUT2D eigenvalue weighted by Crippen LogP contribution is 2.13. The van der Waals surface area contributed by atoms with Crippen molar-refractivity contribution in [1.29, 1.82) is 0 Å². The molecule has 1 N–H and O–H groups in total. The fourth-order valence-electron chi connectivity index (χ4n) is 2.65. The van der Waals surface area contributed by atoms with E-state index in [9.17, 15) is 4.79 Å². The molecule has 0 aromatic heterocycles. The lowest BCUT2D eigenvalue weighted by Crippen LogP contribution is -2.63. The van der Waals surface area contributed by atoms with Crippen molar-refractivity contribution in [1.82, 2.24) is 15.1 Å². The molecule has 0 aliphatic carbocycles. The zero-order chi connectivity index (χ0) is 11.4. The van der Waals surface area contributed by atoms with Crippen molar-refractivity contribution >= 4 is 5.91 Å². The van der Waals surface area contributed by atoms with Crippen LogP contribution in [0.15, 0.2) is 0 Å². The Balaban J connectivity index is 1.82. The summed E-state index contributed by atoms with van der Waals surface area (Å²) in [6.07, 6.45) is 3.75. The topological polar surface area (TPSA) is 35.6 Å². The molecule has 2 rings (SSSR count). The summed E-state index contributed by atoms with van der Waals surface area (Å²) < 4.78 is 0. The lowest BCUT2D eigenvalue weighted by Gasteiger charge is -2.44. The SMILES string of the molecule is CCCCCN1CC(=O)N2CCNCC2C1. The summed E-state index contributed by atoms with van der Waals surface area (Å²) in [6, 6.07) is 0.414. The minimum atomic E-state index is 0.328. The first-order valence-corrected chi connectivity index (χ1v) is 6.54. The second-order valence-electron chi connectivity index (χ2n) is 4.89. The highest BCUT2D eigenvalue weighted by molar-refractivity contribution is 5.79. The molecule has 0 radical (unpaired) electrons. The van der Waals surface area contributed by atoms with E-state index >= 15 is 0 Å². The number of unbranched alkanes of at least 4 members (excludes halogenated alkanes) is 2. The van der Waals surface area contributed by atoms with E-state index in [1.807, 2.05) is 0 Å². The van der Waals surface area contributed by atoms with Crippen molar-refractivity contribution in [3.63, 3.8) is 0 Å².